The SMILES string of the molecule is CC/C(=C(/C)C=O)N(C1=CC=C(Cl)CC=C1)C(C)C. The molecule has 0 fully saturated rings. The number of allylic oxidation sites excluding steroid dienone is 7. The summed E-state index contributed by atoms with van der Waals surface area (Å²) in [5, 5.41) is 0.823. The minimum Gasteiger partial charge on any atom is -0.342 e. The first-order valence-electron chi connectivity index (χ1n) is 6.68. The minimum atomic E-state index is 0.283. The summed E-state index contributed by atoms with van der Waals surface area (Å²) in [7, 11) is 0. The Balaban J connectivity index is 3.25. The molecule has 0 heterocycles. The van der Waals surface area contributed by atoms with E-state index in [9.17, 15) is 4.79 Å². The zero-order chi connectivity index (χ0) is 14.4. The van der Waals surface area contributed by atoms with Gasteiger partial charge in [0.15, 0.2) is 0 Å². The summed E-state index contributed by atoms with van der Waals surface area (Å²) < 4.78 is 0. The van der Waals surface area contributed by atoms with Crippen LogP contribution in [0, 0.1) is 0 Å². The molecular formula is C16H22ClNO. The Bertz CT molecular complexity index is 455. The Labute approximate surface area is 121 Å². The second kappa shape index (κ2) is 7.34. The molecule has 0 saturated carbocycles. The molecule has 0 aromatic carbocycles. The highest BCUT2D eigenvalue weighted by molar-refractivity contribution is 6.29. The zero-order valence-corrected chi connectivity index (χ0v) is 12.9. The second-order valence-corrected chi connectivity index (χ2v) is 5.36. The van der Waals surface area contributed by atoms with E-state index in [-0.39, 0.29) is 6.04 Å². The van der Waals surface area contributed by atoms with E-state index in [0.29, 0.717) is 0 Å². The van der Waals surface area contributed by atoms with Gasteiger partial charge in [-0.1, -0.05) is 24.6 Å². The number of aldehydes is 1. The fraction of sp³-hybridized carbons (Fsp3) is 0.438. The molecule has 19 heavy (non-hydrogen) atoms. The first kappa shape index (κ1) is 15.8. The van der Waals surface area contributed by atoms with Crippen LogP contribution in [0.2, 0.25) is 0 Å². The van der Waals surface area contributed by atoms with Crippen molar-refractivity contribution in [1.82, 2.24) is 4.90 Å². The lowest BCUT2D eigenvalue weighted by atomic mass is 10.1. The molecule has 1 rings (SSSR count). The predicted octanol–water partition coefficient (Wildman–Crippen LogP) is 4.55. The van der Waals surface area contributed by atoms with Crippen LogP contribution in [0.3, 0.4) is 0 Å². The number of hydrogen-bond acceptors (Lipinski definition) is 2. The van der Waals surface area contributed by atoms with Crippen molar-refractivity contribution in [2.45, 2.75) is 46.6 Å². The van der Waals surface area contributed by atoms with Gasteiger partial charge in [0.05, 0.1) is 0 Å². The average Bonchev–Trinajstić information content (AvgIpc) is 2.59. The van der Waals surface area contributed by atoms with E-state index in [1.165, 1.54) is 0 Å². The van der Waals surface area contributed by atoms with Crippen LogP contribution in [0.25, 0.3) is 0 Å². The van der Waals surface area contributed by atoms with Crippen LogP contribution in [0.1, 0.15) is 40.5 Å². The molecule has 1 aliphatic rings. The van der Waals surface area contributed by atoms with Gasteiger partial charge in [0, 0.05) is 34.5 Å². The Kier molecular flexibility index (Phi) is 6.10. The molecule has 0 unspecified atom stereocenters. The van der Waals surface area contributed by atoms with Gasteiger partial charge in [-0.05, 0) is 45.4 Å². The van der Waals surface area contributed by atoms with Crippen molar-refractivity contribution in [1.29, 1.82) is 0 Å². The molecule has 0 amide bonds. The number of nitrogens with zero attached hydrogens (tertiary/aromatic N) is 1. The Morgan fingerprint density at radius 2 is 2.16 bits per heavy atom. The van der Waals surface area contributed by atoms with E-state index in [2.05, 4.69) is 37.8 Å². The van der Waals surface area contributed by atoms with E-state index in [4.69, 9.17) is 11.6 Å². The van der Waals surface area contributed by atoms with Crippen molar-refractivity contribution in [3.05, 3.63) is 46.3 Å². The molecule has 0 radical (unpaired) electrons. The van der Waals surface area contributed by atoms with Crippen LogP contribution in [0.4, 0.5) is 0 Å². The van der Waals surface area contributed by atoms with Gasteiger partial charge in [-0.15, -0.1) is 0 Å². The molecule has 2 nitrogen and oxygen atoms in total. The normalized spacial score (nSPS) is 16.5. The molecule has 0 bridgehead atoms. The van der Waals surface area contributed by atoms with Gasteiger partial charge in [-0.25, -0.2) is 0 Å². The van der Waals surface area contributed by atoms with Gasteiger partial charge in [0.2, 0.25) is 0 Å². The number of halogens is 1. The molecule has 0 saturated heterocycles. The van der Waals surface area contributed by atoms with E-state index < -0.39 is 0 Å². The molecule has 0 spiro atoms. The first-order valence-corrected chi connectivity index (χ1v) is 7.06. The summed E-state index contributed by atoms with van der Waals surface area (Å²) in [6, 6.07) is 0.283. The number of carbonyl (C=O) groups excluding carboxylic acids is 1. The Morgan fingerprint density at radius 1 is 1.47 bits per heavy atom. The zero-order valence-electron chi connectivity index (χ0n) is 12.1. The van der Waals surface area contributed by atoms with Crippen molar-refractivity contribution < 1.29 is 4.79 Å². The fourth-order valence-corrected chi connectivity index (χ4v) is 2.38. The Hall–Kier alpha value is -1.28. The van der Waals surface area contributed by atoms with E-state index >= 15 is 0 Å². The lowest BCUT2D eigenvalue weighted by Crippen LogP contribution is -2.29. The molecule has 0 atom stereocenters. The van der Waals surface area contributed by atoms with E-state index in [1.807, 2.05) is 19.1 Å². The standard InChI is InChI=1S/C16H22ClNO/c1-5-16(13(4)11-19)18(12(2)3)15-8-6-7-14(17)9-10-15/h6,8-12H,5,7H2,1-4H3/b16-13+. The summed E-state index contributed by atoms with van der Waals surface area (Å²) in [5.74, 6) is 0. The smallest absolute Gasteiger partial charge is 0.147 e. The van der Waals surface area contributed by atoms with Gasteiger partial charge in [0.25, 0.3) is 0 Å². The van der Waals surface area contributed by atoms with E-state index in [1.54, 1.807) is 0 Å². The summed E-state index contributed by atoms with van der Waals surface area (Å²) in [5.41, 5.74) is 2.92. The average molecular weight is 280 g/mol. The minimum absolute atomic E-state index is 0.283. The molecule has 0 N–H and O–H groups in total. The predicted molar refractivity (Wildman–Crippen MR) is 81.8 cm³/mol. The molecule has 3 heteroatoms. The van der Waals surface area contributed by atoms with Crippen LogP contribution in [-0.4, -0.2) is 17.2 Å². The summed E-state index contributed by atoms with van der Waals surface area (Å²) >= 11 is 6.05. The van der Waals surface area contributed by atoms with Crippen molar-refractivity contribution >= 4 is 17.9 Å². The topological polar surface area (TPSA) is 20.3 Å². The lowest BCUT2D eigenvalue weighted by Gasteiger charge is -2.32. The lowest BCUT2D eigenvalue weighted by molar-refractivity contribution is -0.105. The monoisotopic (exact) mass is 279 g/mol. The molecule has 0 aromatic heterocycles. The fourth-order valence-electron chi connectivity index (χ4n) is 2.23. The van der Waals surface area contributed by atoms with Crippen LogP contribution in [-0.2, 0) is 4.79 Å². The highest BCUT2D eigenvalue weighted by Gasteiger charge is 2.17. The molecule has 104 valence electrons. The highest BCUT2D eigenvalue weighted by atomic mass is 35.5. The third kappa shape index (κ3) is 4.10. The summed E-state index contributed by atoms with van der Waals surface area (Å²) in [6.45, 7) is 8.18. The van der Waals surface area contributed by atoms with E-state index in [0.717, 1.165) is 41.1 Å². The molecule has 0 aliphatic heterocycles. The third-order valence-electron chi connectivity index (χ3n) is 3.09. The van der Waals surface area contributed by atoms with Gasteiger partial charge < -0.3 is 4.90 Å². The number of carbonyl (C=O) groups is 1. The van der Waals surface area contributed by atoms with Crippen molar-refractivity contribution in [3.63, 3.8) is 0 Å². The van der Waals surface area contributed by atoms with Crippen LogP contribution >= 0.6 is 11.6 Å². The summed E-state index contributed by atoms with van der Waals surface area (Å²) in [6.07, 6.45) is 10.6. The highest BCUT2D eigenvalue weighted by Crippen LogP contribution is 2.25. The van der Waals surface area contributed by atoms with Crippen LogP contribution in [0.15, 0.2) is 46.3 Å². The van der Waals surface area contributed by atoms with Gasteiger partial charge >= 0.3 is 0 Å². The number of rotatable bonds is 5. The molecular weight excluding hydrogens is 258 g/mol. The molecule has 1 aliphatic carbocycles. The van der Waals surface area contributed by atoms with Crippen LogP contribution < -0.4 is 0 Å². The largest absolute Gasteiger partial charge is 0.342 e. The second-order valence-electron chi connectivity index (χ2n) is 4.88. The Morgan fingerprint density at radius 3 is 2.68 bits per heavy atom. The third-order valence-corrected chi connectivity index (χ3v) is 3.37. The van der Waals surface area contributed by atoms with Crippen molar-refractivity contribution in [3.8, 4) is 0 Å². The maximum atomic E-state index is 11.1. The summed E-state index contributed by atoms with van der Waals surface area (Å²) in [4.78, 5) is 13.3. The van der Waals surface area contributed by atoms with Gasteiger partial charge in [-0.2, -0.15) is 0 Å². The van der Waals surface area contributed by atoms with Gasteiger partial charge in [-0.3, -0.25) is 4.79 Å². The quantitative estimate of drug-likeness (QED) is 0.544. The van der Waals surface area contributed by atoms with Crippen molar-refractivity contribution in [2.75, 3.05) is 0 Å². The first-order chi connectivity index (χ1) is 9.01. The maximum absolute atomic E-state index is 11.1. The molecule has 0 aromatic rings. The van der Waals surface area contributed by atoms with Gasteiger partial charge in [0.1, 0.15) is 6.29 Å². The van der Waals surface area contributed by atoms with Crippen molar-refractivity contribution in [2.24, 2.45) is 0 Å². The maximum Gasteiger partial charge on any atom is 0.147 e. The van der Waals surface area contributed by atoms with Crippen LogP contribution in [0.5, 0.6) is 0 Å². The number of hydrogen-bond donors (Lipinski definition) is 0.